The smallest absolute Gasteiger partial charge is 0.341 e. The summed E-state index contributed by atoms with van der Waals surface area (Å²) in [4.78, 5) is 23.7. The number of carbonyl (C=O) groups is 2. The van der Waals surface area contributed by atoms with Crippen molar-refractivity contribution in [3.05, 3.63) is 11.6 Å². The van der Waals surface area contributed by atoms with Crippen molar-refractivity contribution in [1.82, 2.24) is 0 Å². The maximum Gasteiger partial charge on any atom is 0.341 e. The fourth-order valence-electron chi connectivity index (χ4n) is 5.08. The van der Waals surface area contributed by atoms with Gasteiger partial charge in [0.1, 0.15) is 0 Å². The van der Waals surface area contributed by atoms with Gasteiger partial charge in [0.05, 0.1) is 13.2 Å². The summed E-state index contributed by atoms with van der Waals surface area (Å²) in [5.41, 5.74) is -0.783. The molecule has 20 heavy (non-hydrogen) atoms. The molecule has 0 aromatic carbocycles. The van der Waals surface area contributed by atoms with Gasteiger partial charge in [0, 0.05) is 16.9 Å². The third kappa shape index (κ3) is 1.18. The van der Waals surface area contributed by atoms with Crippen LogP contribution >= 0.6 is 0 Å². The third-order valence-electron chi connectivity index (χ3n) is 5.73. The molecule has 5 heteroatoms. The molecule has 0 aromatic rings. The van der Waals surface area contributed by atoms with Crippen molar-refractivity contribution in [3.63, 3.8) is 0 Å². The summed E-state index contributed by atoms with van der Waals surface area (Å²) >= 11 is 0. The van der Waals surface area contributed by atoms with Crippen LogP contribution in [0.1, 0.15) is 26.7 Å². The molecule has 5 nitrogen and oxygen atoms in total. The monoisotopic (exact) mass is 278 g/mol. The molecule has 2 aliphatic heterocycles. The number of rotatable bonds is 1. The second-order valence-corrected chi connectivity index (χ2v) is 7.39. The maximum absolute atomic E-state index is 12.2. The van der Waals surface area contributed by atoms with Crippen molar-refractivity contribution in [2.75, 3.05) is 13.2 Å². The lowest BCUT2D eigenvalue weighted by Gasteiger charge is -2.44. The van der Waals surface area contributed by atoms with Crippen molar-refractivity contribution < 1.29 is 24.2 Å². The SMILES string of the molecule is CC1(C)C[C@H]2C=C(C(=O)O)[C@@H]3COC(=O)C4(CO4)[C@]23C1. The zero-order valence-corrected chi connectivity index (χ0v) is 11.6. The molecule has 4 atom stereocenters. The lowest BCUT2D eigenvalue weighted by atomic mass is 9.61. The number of carboxylic acids is 1. The summed E-state index contributed by atoms with van der Waals surface area (Å²) in [6, 6.07) is 0. The Morgan fingerprint density at radius 1 is 1.45 bits per heavy atom. The Morgan fingerprint density at radius 3 is 2.75 bits per heavy atom. The Balaban J connectivity index is 1.88. The van der Waals surface area contributed by atoms with E-state index in [1.807, 2.05) is 6.08 Å². The third-order valence-corrected chi connectivity index (χ3v) is 5.73. The van der Waals surface area contributed by atoms with E-state index in [9.17, 15) is 14.7 Å². The van der Waals surface area contributed by atoms with Crippen LogP contribution in [0.3, 0.4) is 0 Å². The van der Waals surface area contributed by atoms with Crippen LogP contribution < -0.4 is 0 Å². The number of aliphatic carboxylic acids is 1. The molecule has 3 fully saturated rings. The maximum atomic E-state index is 12.2. The number of cyclic esters (lactones) is 1. The van der Waals surface area contributed by atoms with Crippen molar-refractivity contribution in [2.24, 2.45) is 22.7 Å². The molecular weight excluding hydrogens is 260 g/mol. The lowest BCUT2D eigenvalue weighted by Crippen LogP contribution is -2.56. The van der Waals surface area contributed by atoms with Crippen LogP contribution in [0.25, 0.3) is 0 Å². The minimum Gasteiger partial charge on any atom is -0.478 e. The first kappa shape index (κ1) is 12.4. The zero-order chi connectivity index (χ0) is 14.3. The summed E-state index contributed by atoms with van der Waals surface area (Å²) in [7, 11) is 0. The van der Waals surface area contributed by atoms with Crippen LogP contribution in [0.2, 0.25) is 0 Å². The fraction of sp³-hybridized carbons (Fsp3) is 0.733. The van der Waals surface area contributed by atoms with E-state index in [0.717, 1.165) is 12.8 Å². The molecule has 1 saturated carbocycles. The molecular formula is C15H18O5. The molecule has 2 heterocycles. The minimum atomic E-state index is -0.893. The normalized spacial score (nSPS) is 47.5. The van der Waals surface area contributed by atoms with Gasteiger partial charge in [-0.1, -0.05) is 19.9 Å². The van der Waals surface area contributed by atoms with E-state index < -0.39 is 17.0 Å². The molecule has 2 saturated heterocycles. The summed E-state index contributed by atoms with van der Waals surface area (Å²) in [6.45, 7) is 4.91. The van der Waals surface area contributed by atoms with Crippen LogP contribution in [-0.4, -0.2) is 35.9 Å². The number of carbonyl (C=O) groups excluding carboxylic acids is 1. The number of carboxylic acid groups (broad SMARTS) is 1. The molecule has 0 bridgehead atoms. The van der Waals surface area contributed by atoms with Gasteiger partial charge in [-0.3, -0.25) is 0 Å². The van der Waals surface area contributed by atoms with E-state index in [4.69, 9.17) is 9.47 Å². The number of hydrogen-bond acceptors (Lipinski definition) is 4. The number of esters is 1. The van der Waals surface area contributed by atoms with Gasteiger partial charge in [-0.25, -0.2) is 9.59 Å². The summed E-state index contributed by atoms with van der Waals surface area (Å²) in [5.74, 6) is -1.32. The topological polar surface area (TPSA) is 76.1 Å². The van der Waals surface area contributed by atoms with Gasteiger partial charge >= 0.3 is 11.9 Å². The predicted octanol–water partition coefficient (Wildman–Crippen LogP) is 1.38. The summed E-state index contributed by atoms with van der Waals surface area (Å²) < 4.78 is 10.8. The molecule has 4 rings (SSSR count). The summed E-state index contributed by atoms with van der Waals surface area (Å²) in [6.07, 6.45) is 3.59. The molecule has 4 aliphatic rings. The van der Waals surface area contributed by atoms with Crippen molar-refractivity contribution >= 4 is 11.9 Å². The van der Waals surface area contributed by atoms with E-state index in [2.05, 4.69) is 13.8 Å². The second kappa shape index (κ2) is 3.27. The molecule has 1 N–H and O–H groups in total. The molecule has 1 unspecified atom stereocenters. The lowest BCUT2D eigenvalue weighted by molar-refractivity contribution is -0.174. The Kier molecular flexibility index (Phi) is 2.03. The molecule has 0 aromatic heterocycles. The van der Waals surface area contributed by atoms with Crippen LogP contribution in [-0.2, 0) is 19.1 Å². The van der Waals surface area contributed by atoms with Gasteiger partial charge in [0.15, 0.2) is 5.60 Å². The van der Waals surface area contributed by atoms with E-state index >= 15 is 0 Å². The Labute approximate surface area is 116 Å². The Bertz CT molecular complexity index is 557. The minimum absolute atomic E-state index is 0.0972. The largest absolute Gasteiger partial charge is 0.478 e. The highest BCUT2D eigenvalue weighted by Crippen LogP contribution is 2.71. The van der Waals surface area contributed by atoms with Gasteiger partial charge in [0.25, 0.3) is 0 Å². The van der Waals surface area contributed by atoms with Crippen LogP contribution in [0.15, 0.2) is 11.6 Å². The highest BCUT2D eigenvalue weighted by Gasteiger charge is 2.79. The molecule has 0 amide bonds. The van der Waals surface area contributed by atoms with Gasteiger partial charge in [0.2, 0.25) is 0 Å². The van der Waals surface area contributed by atoms with Gasteiger partial charge in [-0.2, -0.15) is 0 Å². The van der Waals surface area contributed by atoms with Gasteiger partial charge < -0.3 is 14.6 Å². The first-order valence-electron chi connectivity index (χ1n) is 7.09. The van der Waals surface area contributed by atoms with E-state index in [0.29, 0.717) is 12.2 Å². The predicted molar refractivity (Wildman–Crippen MR) is 67.8 cm³/mol. The number of allylic oxidation sites excluding steroid dienone is 1. The Hall–Kier alpha value is -1.36. The highest BCUT2D eigenvalue weighted by molar-refractivity contribution is 5.92. The second-order valence-electron chi connectivity index (χ2n) is 7.39. The van der Waals surface area contributed by atoms with Crippen LogP contribution in [0.5, 0.6) is 0 Å². The number of hydrogen-bond donors (Lipinski definition) is 1. The van der Waals surface area contributed by atoms with Crippen molar-refractivity contribution in [1.29, 1.82) is 0 Å². The molecule has 2 spiro atoms. The highest BCUT2D eigenvalue weighted by atomic mass is 16.6. The standard InChI is InChI=1S/C15H18O5/c1-13(2)4-8-3-9(11(16)17)10-5-19-12(18)15(7-20-15)14(8,10)6-13/h3,8,10H,4-7H2,1-2H3,(H,16,17)/t8-,10+,14-,15?/m1/s1. The fourth-order valence-corrected chi connectivity index (χ4v) is 5.08. The summed E-state index contributed by atoms with van der Waals surface area (Å²) in [5, 5.41) is 9.44. The average molecular weight is 278 g/mol. The van der Waals surface area contributed by atoms with Crippen LogP contribution in [0.4, 0.5) is 0 Å². The van der Waals surface area contributed by atoms with E-state index in [-0.39, 0.29) is 29.8 Å². The molecule has 2 aliphatic carbocycles. The first-order valence-corrected chi connectivity index (χ1v) is 7.09. The number of ether oxygens (including phenoxy) is 2. The first-order chi connectivity index (χ1) is 9.32. The quantitative estimate of drug-likeness (QED) is 0.579. The van der Waals surface area contributed by atoms with Crippen molar-refractivity contribution in [3.8, 4) is 0 Å². The molecule has 108 valence electrons. The van der Waals surface area contributed by atoms with Crippen molar-refractivity contribution in [2.45, 2.75) is 32.3 Å². The Morgan fingerprint density at radius 2 is 2.15 bits per heavy atom. The molecule has 0 radical (unpaired) electrons. The van der Waals surface area contributed by atoms with E-state index in [1.165, 1.54) is 0 Å². The zero-order valence-electron chi connectivity index (χ0n) is 11.6. The van der Waals surface area contributed by atoms with Gasteiger partial charge in [-0.05, 0) is 24.2 Å². The van der Waals surface area contributed by atoms with Gasteiger partial charge in [-0.15, -0.1) is 0 Å². The van der Waals surface area contributed by atoms with E-state index in [1.54, 1.807) is 0 Å². The van der Waals surface area contributed by atoms with Crippen LogP contribution in [0, 0.1) is 22.7 Å². The average Bonchev–Trinajstić information content (AvgIpc) is 3.01. The number of epoxide rings is 1.